The van der Waals surface area contributed by atoms with Crippen molar-refractivity contribution in [3.8, 4) is 0 Å². The zero-order valence-electron chi connectivity index (χ0n) is 12.9. The molecule has 0 spiro atoms. The summed E-state index contributed by atoms with van der Waals surface area (Å²) >= 11 is 0. The van der Waals surface area contributed by atoms with Crippen molar-refractivity contribution < 1.29 is 13.2 Å². The van der Waals surface area contributed by atoms with Crippen LogP contribution in [-0.2, 0) is 21.2 Å². The second kappa shape index (κ2) is 7.21. The maximum Gasteiger partial charge on any atom is 0.243 e. The fraction of sp³-hybridized carbons (Fsp3) is 0.533. The number of hydrogen-bond donors (Lipinski definition) is 1. The summed E-state index contributed by atoms with van der Waals surface area (Å²) in [7, 11) is -3.46. The van der Waals surface area contributed by atoms with Crippen LogP contribution in [0.15, 0.2) is 29.2 Å². The second-order valence-corrected chi connectivity index (χ2v) is 7.48. The van der Waals surface area contributed by atoms with Crippen LogP contribution >= 0.6 is 0 Å². The Hall–Kier alpha value is -1.44. The third-order valence-electron chi connectivity index (χ3n) is 3.81. The number of nitrogens with zero attached hydrogens (tertiary/aromatic N) is 2. The number of carbonyl (C=O) groups excluding carboxylic acids is 1. The molecule has 1 amide bonds. The van der Waals surface area contributed by atoms with E-state index in [9.17, 15) is 13.2 Å². The van der Waals surface area contributed by atoms with Gasteiger partial charge in [0.15, 0.2) is 0 Å². The highest BCUT2D eigenvalue weighted by atomic mass is 32.2. The summed E-state index contributed by atoms with van der Waals surface area (Å²) in [5, 5.41) is 0. The third kappa shape index (κ3) is 4.06. The predicted molar refractivity (Wildman–Crippen MR) is 84.8 cm³/mol. The molecule has 2 rings (SSSR count). The Balaban J connectivity index is 2.03. The van der Waals surface area contributed by atoms with Gasteiger partial charge in [-0.25, -0.2) is 8.42 Å². The topological polar surface area (TPSA) is 83.7 Å². The Kier molecular flexibility index (Phi) is 5.55. The van der Waals surface area contributed by atoms with Crippen LogP contribution in [0.1, 0.15) is 18.9 Å². The van der Waals surface area contributed by atoms with Crippen LogP contribution in [0.3, 0.4) is 0 Å². The SMILES string of the molecule is CCCc1ccc(S(=O)(=O)N2CCN(CC(N)=O)CC2)cc1. The molecular weight excluding hydrogens is 302 g/mol. The number of nitrogens with two attached hydrogens (primary N) is 1. The molecule has 7 heteroatoms. The van der Waals surface area contributed by atoms with Crippen LogP contribution in [0.4, 0.5) is 0 Å². The number of primary amides is 1. The first-order valence-electron chi connectivity index (χ1n) is 7.53. The molecule has 0 bridgehead atoms. The summed E-state index contributed by atoms with van der Waals surface area (Å²) in [5.41, 5.74) is 6.31. The van der Waals surface area contributed by atoms with Crippen LogP contribution in [0, 0.1) is 0 Å². The van der Waals surface area contributed by atoms with Gasteiger partial charge in [-0.15, -0.1) is 0 Å². The lowest BCUT2D eigenvalue weighted by Crippen LogP contribution is -2.50. The molecule has 22 heavy (non-hydrogen) atoms. The minimum Gasteiger partial charge on any atom is -0.369 e. The van der Waals surface area contributed by atoms with Gasteiger partial charge < -0.3 is 5.73 Å². The van der Waals surface area contributed by atoms with E-state index in [1.54, 1.807) is 12.1 Å². The third-order valence-corrected chi connectivity index (χ3v) is 5.72. The fourth-order valence-electron chi connectivity index (χ4n) is 2.61. The van der Waals surface area contributed by atoms with Gasteiger partial charge in [-0.3, -0.25) is 9.69 Å². The van der Waals surface area contributed by atoms with E-state index in [0.717, 1.165) is 18.4 Å². The summed E-state index contributed by atoms with van der Waals surface area (Å²) in [5.74, 6) is -0.386. The normalized spacial score (nSPS) is 17.5. The summed E-state index contributed by atoms with van der Waals surface area (Å²) in [6.45, 7) is 4.08. The lowest BCUT2D eigenvalue weighted by atomic mass is 10.1. The number of aryl methyl sites for hydroxylation is 1. The Morgan fingerprint density at radius 2 is 1.73 bits per heavy atom. The molecule has 2 N–H and O–H groups in total. The van der Waals surface area contributed by atoms with E-state index in [2.05, 4.69) is 6.92 Å². The van der Waals surface area contributed by atoms with Gasteiger partial charge in [-0.2, -0.15) is 4.31 Å². The smallest absolute Gasteiger partial charge is 0.243 e. The average Bonchev–Trinajstić information content (AvgIpc) is 2.48. The van der Waals surface area contributed by atoms with E-state index < -0.39 is 10.0 Å². The molecule has 6 nitrogen and oxygen atoms in total. The summed E-state index contributed by atoms with van der Waals surface area (Å²) in [6.07, 6.45) is 1.99. The van der Waals surface area contributed by atoms with Gasteiger partial charge in [0.2, 0.25) is 15.9 Å². The number of carbonyl (C=O) groups is 1. The fourth-order valence-corrected chi connectivity index (χ4v) is 4.04. The molecule has 0 atom stereocenters. The quantitative estimate of drug-likeness (QED) is 0.822. The number of hydrogen-bond acceptors (Lipinski definition) is 4. The van der Waals surface area contributed by atoms with Crippen LogP contribution in [-0.4, -0.2) is 56.3 Å². The minimum absolute atomic E-state index is 0.180. The molecular formula is C15H23N3O3S. The molecule has 1 aliphatic heterocycles. The highest BCUT2D eigenvalue weighted by Crippen LogP contribution is 2.18. The largest absolute Gasteiger partial charge is 0.369 e. The van der Waals surface area contributed by atoms with Gasteiger partial charge in [0, 0.05) is 26.2 Å². The predicted octanol–water partition coefficient (Wildman–Crippen LogP) is 0.431. The monoisotopic (exact) mass is 325 g/mol. The van der Waals surface area contributed by atoms with E-state index in [0.29, 0.717) is 31.1 Å². The Labute approximate surface area is 131 Å². The van der Waals surface area contributed by atoms with Crippen LogP contribution in [0.5, 0.6) is 0 Å². The number of sulfonamides is 1. The number of piperazine rings is 1. The van der Waals surface area contributed by atoms with Gasteiger partial charge in [-0.05, 0) is 24.1 Å². The molecule has 1 fully saturated rings. The standard InChI is InChI=1S/C15H23N3O3S/c1-2-3-13-4-6-14(7-5-13)22(20,21)18-10-8-17(9-11-18)12-15(16)19/h4-7H,2-3,8-12H2,1H3,(H2,16,19). The van der Waals surface area contributed by atoms with Crippen molar-refractivity contribution in [2.45, 2.75) is 24.7 Å². The lowest BCUT2D eigenvalue weighted by molar-refractivity contribution is -0.119. The van der Waals surface area contributed by atoms with Gasteiger partial charge in [0.05, 0.1) is 11.4 Å². The summed E-state index contributed by atoms with van der Waals surface area (Å²) < 4.78 is 26.7. The molecule has 0 aromatic heterocycles. The van der Waals surface area contributed by atoms with E-state index in [-0.39, 0.29) is 12.5 Å². The summed E-state index contributed by atoms with van der Waals surface area (Å²) in [4.78, 5) is 13.1. The molecule has 0 saturated carbocycles. The first kappa shape index (κ1) is 16.9. The minimum atomic E-state index is -3.46. The van der Waals surface area contributed by atoms with Gasteiger partial charge in [0.25, 0.3) is 0 Å². The van der Waals surface area contributed by atoms with Crippen molar-refractivity contribution in [2.24, 2.45) is 5.73 Å². The second-order valence-electron chi connectivity index (χ2n) is 5.54. The molecule has 0 aliphatic carbocycles. The van der Waals surface area contributed by atoms with Crippen molar-refractivity contribution in [1.82, 2.24) is 9.21 Å². The number of rotatable bonds is 6. The van der Waals surface area contributed by atoms with Crippen molar-refractivity contribution in [2.75, 3.05) is 32.7 Å². The average molecular weight is 325 g/mol. The first-order valence-corrected chi connectivity index (χ1v) is 8.97. The van der Waals surface area contributed by atoms with E-state index in [4.69, 9.17) is 5.73 Å². The Morgan fingerprint density at radius 1 is 1.14 bits per heavy atom. The maximum atomic E-state index is 12.6. The van der Waals surface area contributed by atoms with Crippen molar-refractivity contribution in [3.05, 3.63) is 29.8 Å². The van der Waals surface area contributed by atoms with Crippen LogP contribution < -0.4 is 5.73 Å². The molecule has 122 valence electrons. The summed E-state index contributed by atoms with van der Waals surface area (Å²) in [6, 6.07) is 7.10. The number of amides is 1. The van der Waals surface area contributed by atoms with Crippen LogP contribution in [0.25, 0.3) is 0 Å². The molecule has 1 aliphatic rings. The van der Waals surface area contributed by atoms with Gasteiger partial charge >= 0.3 is 0 Å². The van der Waals surface area contributed by atoms with Crippen molar-refractivity contribution in [1.29, 1.82) is 0 Å². The molecule has 1 heterocycles. The molecule has 0 radical (unpaired) electrons. The van der Waals surface area contributed by atoms with Crippen molar-refractivity contribution >= 4 is 15.9 Å². The Bertz CT molecular complexity index is 605. The molecule has 1 aromatic carbocycles. The Morgan fingerprint density at radius 3 is 2.23 bits per heavy atom. The van der Waals surface area contributed by atoms with E-state index in [1.807, 2.05) is 17.0 Å². The molecule has 0 unspecified atom stereocenters. The first-order chi connectivity index (χ1) is 10.4. The maximum absolute atomic E-state index is 12.6. The zero-order chi connectivity index (χ0) is 16.2. The lowest BCUT2D eigenvalue weighted by Gasteiger charge is -2.33. The highest BCUT2D eigenvalue weighted by molar-refractivity contribution is 7.89. The zero-order valence-corrected chi connectivity index (χ0v) is 13.7. The van der Waals surface area contributed by atoms with Crippen molar-refractivity contribution in [3.63, 3.8) is 0 Å². The molecule has 1 aromatic rings. The molecule has 1 saturated heterocycles. The highest BCUT2D eigenvalue weighted by Gasteiger charge is 2.28. The van der Waals surface area contributed by atoms with E-state index >= 15 is 0 Å². The van der Waals surface area contributed by atoms with Crippen LogP contribution in [0.2, 0.25) is 0 Å². The van der Waals surface area contributed by atoms with E-state index in [1.165, 1.54) is 4.31 Å². The van der Waals surface area contributed by atoms with Gasteiger partial charge in [0.1, 0.15) is 0 Å². The number of benzene rings is 1. The van der Waals surface area contributed by atoms with Gasteiger partial charge in [-0.1, -0.05) is 25.5 Å².